The Hall–Kier alpha value is -1.42. The number of halogens is 2. The van der Waals surface area contributed by atoms with Crippen LogP contribution in [-0.4, -0.2) is 6.54 Å². The Labute approximate surface area is 91.2 Å². The van der Waals surface area contributed by atoms with Gasteiger partial charge in [-0.25, -0.2) is 8.78 Å². The summed E-state index contributed by atoms with van der Waals surface area (Å²) in [5.41, 5.74) is 0.406. The summed E-state index contributed by atoms with van der Waals surface area (Å²) in [6.07, 6.45) is 3.10. The first-order valence-electron chi connectivity index (χ1n) is 5.36. The molecular weight excluding hydrogens is 212 g/mol. The SMILES string of the molecule is Fc1cc2occc2c(F)c1C1CCCN1. The number of hydrogen-bond donors (Lipinski definition) is 1. The largest absolute Gasteiger partial charge is 0.464 e. The first kappa shape index (κ1) is 9.78. The lowest BCUT2D eigenvalue weighted by Gasteiger charge is -2.13. The fourth-order valence-electron chi connectivity index (χ4n) is 2.31. The number of nitrogens with one attached hydrogen (secondary N) is 1. The highest BCUT2D eigenvalue weighted by Gasteiger charge is 2.25. The van der Waals surface area contributed by atoms with Crippen LogP contribution in [0.2, 0.25) is 0 Å². The molecule has 0 radical (unpaired) electrons. The Morgan fingerprint density at radius 3 is 3.00 bits per heavy atom. The predicted molar refractivity (Wildman–Crippen MR) is 56.1 cm³/mol. The maximum atomic E-state index is 14.1. The Kier molecular flexibility index (Phi) is 2.17. The van der Waals surface area contributed by atoms with Crippen LogP contribution < -0.4 is 5.32 Å². The van der Waals surface area contributed by atoms with Gasteiger partial charge in [0.1, 0.15) is 17.2 Å². The number of hydrogen-bond acceptors (Lipinski definition) is 2. The van der Waals surface area contributed by atoms with Crippen molar-refractivity contribution in [3.8, 4) is 0 Å². The summed E-state index contributed by atoms with van der Waals surface area (Å²) in [5, 5.41) is 3.45. The van der Waals surface area contributed by atoms with Gasteiger partial charge in [-0.3, -0.25) is 0 Å². The maximum absolute atomic E-state index is 14.1. The summed E-state index contributed by atoms with van der Waals surface area (Å²) in [7, 11) is 0. The minimum Gasteiger partial charge on any atom is -0.464 e. The molecule has 0 aliphatic carbocycles. The van der Waals surface area contributed by atoms with Gasteiger partial charge < -0.3 is 9.73 Å². The highest BCUT2D eigenvalue weighted by Crippen LogP contribution is 2.32. The van der Waals surface area contributed by atoms with Crippen LogP contribution in [0.3, 0.4) is 0 Å². The van der Waals surface area contributed by atoms with Gasteiger partial charge in [0.25, 0.3) is 0 Å². The third-order valence-electron chi connectivity index (χ3n) is 3.09. The minimum absolute atomic E-state index is 0.145. The summed E-state index contributed by atoms with van der Waals surface area (Å²) in [6, 6.07) is 2.58. The zero-order valence-electron chi connectivity index (χ0n) is 8.59. The van der Waals surface area contributed by atoms with Gasteiger partial charge in [-0.2, -0.15) is 0 Å². The summed E-state index contributed by atoms with van der Waals surface area (Å²) in [4.78, 5) is 0. The molecule has 1 aromatic carbocycles. The monoisotopic (exact) mass is 223 g/mol. The van der Waals surface area contributed by atoms with E-state index < -0.39 is 11.6 Å². The lowest BCUT2D eigenvalue weighted by Crippen LogP contribution is -2.16. The highest BCUT2D eigenvalue weighted by molar-refractivity contribution is 5.79. The molecule has 2 nitrogen and oxygen atoms in total. The van der Waals surface area contributed by atoms with Crippen molar-refractivity contribution in [3.63, 3.8) is 0 Å². The van der Waals surface area contributed by atoms with Crippen molar-refractivity contribution < 1.29 is 13.2 Å². The Balaban J connectivity index is 2.21. The minimum atomic E-state index is -0.528. The van der Waals surface area contributed by atoms with Gasteiger partial charge in [0, 0.05) is 17.7 Å². The van der Waals surface area contributed by atoms with Crippen LogP contribution in [0.1, 0.15) is 24.4 Å². The highest BCUT2D eigenvalue weighted by atomic mass is 19.1. The molecule has 1 aliphatic heterocycles. The second kappa shape index (κ2) is 3.56. The molecule has 84 valence electrons. The van der Waals surface area contributed by atoms with E-state index in [2.05, 4.69) is 5.32 Å². The van der Waals surface area contributed by atoms with Gasteiger partial charge >= 0.3 is 0 Å². The van der Waals surface area contributed by atoms with Gasteiger partial charge in [0.15, 0.2) is 0 Å². The summed E-state index contributed by atoms with van der Waals surface area (Å²) < 4.78 is 32.8. The molecule has 3 rings (SSSR count). The van der Waals surface area contributed by atoms with Crippen molar-refractivity contribution in [2.45, 2.75) is 18.9 Å². The molecule has 2 heterocycles. The topological polar surface area (TPSA) is 25.2 Å². The van der Waals surface area contributed by atoms with E-state index in [1.54, 1.807) is 0 Å². The van der Waals surface area contributed by atoms with Crippen molar-refractivity contribution in [2.24, 2.45) is 0 Å². The third kappa shape index (κ3) is 1.33. The van der Waals surface area contributed by atoms with E-state index in [4.69, 9.17) is 4.42 Å². The smallest absolute Gasteiger partial charge is 0.141 e. The molecule has 16 heavy (non-hydrogen) atoms. The lowest BCUT2D eigenvalue weighted by atomic mass is 10.0. The number of fused-ring (bicyclic) bond motifs is 1. The molecule has 0 amide bonds. The molecule has 0 spiro atoms. The summed E-state index contributed by atoms with van der Waals surface area (Å²) >= 11 is 0. The molecule has 2 aromatic rings. The predicted octanol–water partition coefficient (Wildman–Crippen LogP) is 3.14. The first-order chi connectivity index (χ1) is 7.77. The van der Waals surface area contributed by atoms with Crippen LogP contribution in [0.25, 0.3) is 11.0 Å². The average molecular weight is 223 g/mol. The van der Waals surface area contributed by atoms with E-state index >= 15 is 0 Å². The standard InChI is InChI=1S/C12H11F2NO/c13-8-6-10-7(3-5-16-10)12(14)11(8)9-2-1-4-15-9/h3,5-6,9,15H,1-2,4H2. The molecule has 0 saturated carbocycles. The van der Waals surface area contributed by atoms with Gasteiger partial charge in [-0.1, -0.05) is 0 Å². The molecule has 0 bridgehead atoms. The quantitative estimate of drug-likeness (QED) is 0.803. The van der Waals surface area contributed by atoms with E-state index in [9.17, 15) is 8.78 Å². The average Bonchev–Trinajstić information content (AvgIpc) is 2.87. The van der Waals surface area contributed by atoms with Crippen LogP contribution in [0.15, 0.2) is 22.8 Å². The molecular formula is C12H11F2NO. The summed E-state index contributed by atoms with van der Waals surface area (Å²) in [5.74, 6) is -1.03. The van der Waals surface area contributed by atoms with E-state index in [1.807, 2.05) is 0 Å². The van der Waals surface area contributed by atoms with Crippen LogP contribution in [0.5, 0.6) is 0 Å². The van der Waals surface area contributed by atoms with Crippen molar-refractivity contribution in [3.05, 3.63) is 35.6 Å². The van der Waals surface area contributed by atoms with Crippen molar-refractivity contribution >= 4 is 11.0 Å². The Morgan fingerprint density at radius 2 is 2.25 bits per heavy atom. The van der Waals surface area contributed by atoms with Crippen LogP contribution in [0, 0.1) is 11.6 Å². The molecule has 1 N–H and O–H groups in total. The molecule has 1 aromatic heterocycles. The van der Waals surface area contributed by atoms with Gasteiger partial charge in [0.2, 0.25) is 0 Å². The fourth-order valence-corrected chi connectivity index (χ4v) is 2.31. The van der Waals surface area contributed by atoms with Crippen LogP contribution in [0.4, 0.5) is 8.78 Å². The molecule has 1 fully saturated rings. The normalized spacial score (nSPS) is 20.8. The molecule has 1 aliphatic rings. The van der Waals surface area contributed by atoms with Crippen molar-refractivity contribution in [1.29, 1.82) is 0 Å². The Bertz CT molecular complexity index is 529. The van der Waals surface area contributed by atoms with Gasteiger partial charge in [-0.15, -0.1) is 0 Å². The molecule has 1 saturated heterocycles. The van der Waals surface area contributed by atoms with Gasteiger partial charge in [-0.05, 0) is 25.5 Å². The van der Waals surface area contributed by atoms with Crippen molar-refractivity contribution in [2.75, 3.05) is 6.54 Å². The van der Waals surface area contributed by atoms with E-state index in [0.717, 1.165) is 19.4 Å². The zero-order valence-corrected chi connectivity index (χ0v) is 8.59. The maximum Gasteiger partial charge on any atom is 0.141 e. The molecule has 1 atom stereocenters. The first-order valence-corrected chi connectivity index (χ1v) is 5.36. The number of rotatable bonds is 1. The van der Waals surface area contributed by atoms with E-state index in [1.165, 1.54) is 18.4 Å². The second-order valence-corrected chi connectivity index (χ2v) is 4.07. The number of benzene rings is 1. The van der Waals surface area contributed by atoms with Crippen LogP contribution in [-0.2, 0) is 0 Å². The van der Waals surface area contributed by atoms with E-state index in [0.29, 0.717) is 5.39 Å². The Morgan fingerprint density at radius 1 is 1.38 bits per heavy atom. The van der Waals surface area contributed by atoms with Crippen molar-refractivity contribution in [1.82, 2.24) is 5.32 Å². The lowest BCUT2D eigenvalue weighted by molar-refractivity contribution is 0.510. The third-order valence-corrected chi connectivity index (χ3v) is 3.09. The van der Waals surface area contributed by atoms with Gasteiger partial charge in [0.05, 0.1) is 11.6 Å². The summed E-state index contributed by atoms with van der Waals surface area (Å²) in [6.45, 7) is 0.812. The van der Waals surface area contributed by atoms with Crippen LogP contribution >= 0.6 is 0 Å². The number of furan rings is 1. The second-order valence-electron chi connectivity index (χ2n) is 4.07. The van der Waals surface area contributed by atoms with E-state index in [-0.39, 0.29) is 17.2 Å². The fraction of sp³-hybridized carbons (Fsp3) is 0.333. The molecule has 4 heteroatoms. The molecule has 1 unspecified atom stereocenters. The zero-order chi connectivity index (χ0) is 11.1.